The van der Waals surface area contributed by atoms with Gasteiger partial charge in [0.25, 0.3) is 0 Å². The van der Waals surface area contributed by atoms with Crippen molar-refractivity contribution >= 4 is 33.6 Å². The van der Waals surface area contributed by atoms with Crippen LogP contribution in [0, 0.1) is 0 Å². The van der Waals surface area contributed by atoms with Crippen molar-refractivity contribution in [3.8, 4) is 0 Å². The highest BCUT2D eigenvalue weighted by atomic mass is 16.3. The number of furan rings is 1. The van der Waals surface area contributed by atoms with Crippen molar-refractivity contribution in [3.63, 3.8) is 0 Å². The van der Waals surface area contributed by atoms with E-state index in [-0.39, 0.29) is 0 Å². The zero-order valence-electron chi connectivity index (χ0n) is 9.83. The molecule has 0 radical (unpaired) electrons. The van der Waals surface area contributed by atoms with Crippen molar-refractivity contribution in [2.45, 2.75) is 0 Å². The maximum absolute atomic E-state index is 5.49. The number of rotatable bonds is 2. The van der Waals surface area contributed by atoms with Crippen LogP contribution < -0.4 is 5.32 Å². The molecule has 5 nitrogen and oxygen atoms in total. The molecule has 0 saturated heterocycles. The van der Waals surface area contributed by atoms with E-state index in [0.29, 0.717) is 11.2 Å². The van der Waals surface area contributed by atoms with Gasteiger partial charge in [-0.05, 0) is 18.2 Å². The Hall–Kier alpha value is -2.82. The summed E-state index contributed by atoms with van der Waals surface area (Å²) in [5.74, 6) is 0. The van der Waals surface area contributed by atoms with Crippen molar-refractivity contribution in [1.82, 2.24) is 9.97 Å². The molecule has 4 rings (SSSR count). The average molecular weight is 251 g/mol. The molecule has 3 aromatic heterocycles. The highest BCUT2D eigenvalue weighted by Gasteiger charge is 2.09. The predicted molar refractivity (Wildman–Crippen MR) is 71.3 cm³/mol. The van der Waals surface area contributed by atoms with Crippen molar-refractivity contribution in [2.24, 2.45) is 0 Å². The number of nitrogens with one attached hydrogen (secondary N) is 1. The molecule has 1 aromatic carbocycles. The third-order valence-electron chi connectivity index (χ3n) is 2.99. The van der Waals surface area contributed by atoms with E-state index in [4.69, 9.17) is 8.83 Å². The van der Waals surface area contributed by atoms with E-state index < -0.39 is 0 Å². The number of para-hydroxylation sites is 1. The van der Waals surface area contributed by atoms with Crippen LogP contribution in [0.2, 0.25) is 0 Å². The lowest BCUT2D eigenvalue weighted by atomic mass is 10.2. The van der Waals surface area contributed by atoms with Gasteiger partial charge in [-0.1, -0.05) is 12.1 Å². The van der Waals surface area contributed by atoms with E-state index in [9.17, 15) is 0 Å². The Morgan fingerprint density at radius 2 is 1.95 bits per heavy atom. The standard InChI is InChI=1S/C14H9N3O2/c1-2-9-5-7-18-13(9)11(3-1)17-10-4-6-15-14-12(10)16-8-19-14/h1-8H,(H,15,17). The summed E-state index contributed by atoms with van der Waals surface area (Å²) in [7, 11) is 0. The lowest BCUT2D eigenvalue weighted by Crippen LogP contribution is -1.92. The monoisotopic (exact) mass is 251 g/mol. The summed E-state index contributed by atoms with van der Waals surface area (Å²) in [5, 5.41) is 4.36. The number of benzene rings is 1. The molecule has 3 heterocycles. The number of pyridine rings is 1. The van der Waals surface area contributed by atoms with Gasteiger partial charge < -0.3 is 14.2 Å². The third-order valence-corrected chi connectivity index (χ3v) is 2.99. The maximum Gasteiger partial charge on any atom is 0.248 e. The van der Waals surface area contributed by atoms with E-state index in [1.54, 1.807) is 12.5 Å². The first kappa shape index (κ1) is 10.1. The molecular formula is C14H9N3O2. The van der Waals surface area contributed by atoms with Crippen molar-refractivity contribution in [2.75, 3.05) is 5.32 Å². The Morgan fingerprint density at radius 1 is 0.947 bits per heavy atom. The average Bonchev–Trinajstić information content (AvgIpc) is 3.08. The van der Waals surface area contributed by atoms with Gasteiger partial charge in [-0.15, -0.1) is 0 Å². The Labute approximate surface area is 107 Å². The van der Waals surface area contributed by atoms with Crippen molar-refractivity contribution < 1.29 is 8.83 Å². The molecule has 0 aliphatic rings. The summed E-state index contributed by atoms with van der Waals surface area (Å²) in [6, 6.07) is 9.72. The maximum atomic E-state index is 5.49. The molecule has 0 saturated carbocycles. The second-order valence-electron chi connectivity index (χ2n) is 4.13. The van der Waals surface area contributed by atoms with Crippen molar-refractivity contribution in [3.05, 3.63) is 49.2 Å². The minimum atomic E-state index is 0.511. The van der Waals surface area contributed by atoms with Crippen LogP contribution in [0.5, 0.6) is 0 Å². The van der Waals surface area contributed by atoms with Gasteiger partial charge in [0, 0.05) is 11.6 Å². The van der Waals surface area contributed by atoms with E-state index in [1.165, 1.54) is 6.39 Å². The number of oxazole rings is 1. The SMILES string of the molecule is c1cc(Nc2ccnc3ocnc23)c2occc2c1. The molecule has 5 heteroatoms. The van der Waals surface area contributed by atoms with Crippen LogP contribution in [-0.2, 0) is 0 Å². The summed E-state index contributed by atoms with van der Waals surface area (Å²) >= 11 is 0. The fraction of sp³-hybridized carbons (Fsp3) is 0. The summed E-state index contributed by atoms with van der Waals surface area (Å²) in [5.41, 5.74) is 3.75. The predicted octanol–water partition coefficient (Wildman–Crippen LogP) is 3.71. The van der Waals surface area contributed by atoms with Crippen LogP contribution in [0.4, 0.5) is 11.4 Å². The highest BCUT2D eigenvalue weighted by Crippen LogP contribution is 2.29. The lowest BCUT2D eigenvalue weighted by Gasteiger charge is -2.06. The minimum absolute atomic E-state index is 0.511. The molecule has 0 amide bonds. The first-order chi connectivity index (χ1) is 9.42. The molecule has 0 spiro atoms. The van der Waals surface area contributed by atoms with Gasteiger partial charge in [0.2, 0.25) is 5.71 Å². The van der Waals surface area contributed by atoms with Crippen LogP contribution in [-0.4, -0.2) is 9.97 Å². The first-order valence-corrected chi connectivity index (χ1v) is 5.83. The topological polar surface area (TPSA) is 64.1 Å². The quantitative estimate of drug-likeness (QED) is 0.588. The summed E-state index contributed by atoms with van der Waals surface area (Å²) in [6.07, 6.45) is 4.74. The summed E-state index contributed by atoms with van der Waals surface area (Å²) < 4.78 is 10.7. The van der Waals surface area contributed by atoms with Crippen LogP contribution in [0.15, 0.2) is 58.0 Å². The number of aromatic nitrogens is 2. The summed E-state index contributed by atoms with van der Waals surface area (Å²) in [6.45, 7) is 0. The fourth-order valence-corrected chi connectivity index (χ4v) is 2.11. The first-order valence-electron chi connectivity index (χ1n) is 5.83. The largest absolute Gasteiger partial charge is 0.462 e. The second-order valence-corrected chi connectivity index (χ2v) is 4.13. The third kappa shape index (κ3) is 1.55. The van der Waals surface area contributed by atoms with Crippen molar-refractivity contribution in [1.29, 1.82) is 0 Å². The zero-order chi connectivity index (χ0) is 12.7. The number of hydrogen-bond acceptors (Lipinski definition) is 5. The van der Waals surface area contributed by atoms with E-state index in [0.717, 1.165) is 22.3 Å². The van der Waals surface area contributed by atoms with Gasteiger partial charge in [0.05, 0.1) is 17.6 Å². The molecular weight excluding hydrogens is 242 g/mol. The molecule has 0 aliphatic heterocycles. The van der Waals surface area contributed by atoms with E-state index >= 15 is 0 Å². The van der Waals surface area contributed by atoms with Crippen LogP contribution in [0.25, 0.3) is 22.2 Å². The molecule has 0 fully saturated rings. The Balaban J connectivity index is 1.86. The number of nitrogens with zero attached hydrogens (tertiary/aromatic N) is 2. The minimum Gasteiger partial charge on any atom is -0.462 e. The molecule has 1 N–H and O–H groups in total. The lowest BCUT2D eigenvalue weighted by molar-refractivity contribution is 0.590. The van der Waals surface area contributed by atoms with Crippen LogP contribution in [0.3, 0.4) is 0 Å². The number of anilines is 2. The molecule has 0 atom stereocenters. The second kappa shape index (κ2) is 3.84. The number of fused-ring (bicyclic) bond motifs is 2. The van der Waals surface area contributed by atoms with Gasteiger partial charge in [-0.3, -0.25) is 0 Å². The smallest absolute Gasteiger partial charge is 0.248 e. The van der Waals surface area contributed by atoms with Gasteiger partial charge in [-0.2, -0.15) is 0 Å². The molecule has 19 heavy (non-hydrogen) atoms. The molecule has 0 aliphatic carbocycles. The van der Waals surface area contributed by atoms with E-state index in [2.05, 4.69) is 15.3 Å². The van der Waals surface area contributed by atoms with Gasteiger partial charge in [0.1, 0.15) is 0 Å². The Morgan fingerprint density at radius 3 is 2.95 bits per heavy atom. The zero-order valence-corrected chi connectivity index (χ0v) is 9.83. The van der Waals surface area contributed by atoms with Gasteiger partial charge in [0.15, 0.2) is 17.5 Å². The Bertz CT molecular complexity index is 791. The Kier molecular flexibility index (Phi) is 2.05. The van der Waals surface area contributed by atoms with Crippen LogP contribution in [0.1, 0.15) is 0 Å². The highest BCUT2D eigenvalue weighted by molar-refractivity contribution is 5.94. The molecule has 92 valence electrons. The fourth-order valence-electron chi connectivity index (χ4n) is 2.11. The van der Waals surface area contributed by atoms with E-state index in [1.807, 2.05) is 30.3 Å². The molecule has 0 bridgehead atoms. The number of hydrogen-bond donors (Lipinski definition) is 1. The molecule has 0 unspecified atom stereocenters. The van der Waals surface area contributed by atoms with Gasteiger partial charge in [-0.25, -0.2) is 9.97 Å². The normalized spacial score (nSPS) is 11.2. The summed E-state index contributed by atoms with van der Waals surface area (Å²) in [4.78, 5) is 8.26. The van der Waals surface area contributed by atoms with Gasteiger partial charge >= 0.3 is 0 Å². The van der Waals surface area contributed by atoms with Crippen LogP contribution >= 0.6 is 0 Å². The molecule has 4 aromatic rings.